The van der Waals surface area contributed by atoms with Gasteiger partial charge in [0.1, 0.15) is 13.1 Å². The molecule has 0 fully saturated rings. The number of ether oxygens (including phenoxy) is 1. The summed E-state index contributed by atoms with van der Waals surface area (Å²) in [6, 6.07) is 2.93. The van der Waals surface area contributed by atoms with Crippen molar-refractivity contribution in [2.24, 2.45) is 0 Å². The maximum atomic E-state index is 11.4. The molecule has 0 aliphatic rings. The molecule has 1 heterocycles. The Morgan fingerprint density at radius 3 is 2.82 bits per heavy atom. The maximum absolute atomic E-state index is 11.4. The van der Waals surface area contributed by atoms with Crippen molar-refractivity contribution in [1.82, 2.24) is 9.88 Å². The van der Waals surface area contributed by atoms with Crippen molar-refractivity contribution in [1.29, 1.82) is 0 Å². The van der Waals surface area contributed by atoms with E-state index in [0.29, 0.717) is 4.47 Å². The van der Waals surface area contributed by atoms with E-state index in [1.54, 1.807) is 6.07 Å². The molecule has 1 rings (SSSR count). The number of aromatic nitrogens is 1. The van der Waals surface area contributed by atoms with Crippen molar-refractivity contribution in [3.8, 4) is 0 Å². The van der Waals surface area contributed by atoms with Crippen molar-refractivity contribution in [2.75, 3.05) is 13.7 Å². The van der Waals surface area contributed by atoms with E-state index in [1.807, 2.05) is 0 Å². The van der Waals surface area contributed by atoms with Crippen LogP contribution in [0.3, 0.4) is 0 Å². The summed E-state index contributed by atoms with van der Waals surface area (Å²) in [4.78, 5) is 33.6. The number of nitrogens with one attached hydrogen (secondary N) is 1. The van der Waals surface area contributed by atoms with E-state index in [9.17, 15) is 14.4 Å². The quantitative estimate of drug-likeness (QED) is 0.788. The molecular formula is C10H11BrN2O4. The molecule has 1 aromatic rings. The van der Waals surface area contributed by atoms with Crippen molar-refractivity contribution in [2.45, 2.75) is 6.54 Å². The summed E-state index contributed by atoms with van der Waals surface area (Å²) in [5.74, 6) is -0.976. The van der Waals surface area contributed by atoms with Gasteiger partial charge in [-0.05, 0) is 22.0 Å². The summed E-state index contributed by atoms with van der Waals surface area (Å²) in [7, 11) is 1.23. The van der Waals surface area contributed by atoms with E-state index in [1.165, 1.54) is 23.9 Å². The van der Waals surface area contributed by atoms with Gasteiger partial charge in [-0.25, -0.2) is 0 Å². The molecule has 0 unspecified atom stereocenters. The fourth-order valence-corrected chi connectivity index (χ4v) is 1.46. The summed E-state index contributed by atoms with van der Waals surface area (Å²) in [6.07, 6.45) is 1.50. The van der Waals surface area contributed by atoms with E-state index in [-0.39, 0.29) is 18.6 Å². The minimum atomic E-state index is -0.542. The van der Waals surface area contributed by atoms with Crippen LogP contribution in [0, 0.1) is 0 Å². The average molecular weight is 303 g/mol. The van der Waals surface area contributed by atoms with E-state index >= 15 is 0 Å². The molecule has 0 bridgehead atoms. The van der Waals surface area contributed by atoms with E-state index in [2.05, 4.69) is 26.0 Å². The molecule has 92 valence electrons. The third-order valence-corrected chi connectivity index (χ3v) is 2.39. The van der Waals surface area contributed by atoms with Crippen LogP contribution in [0.5, 0.6) is 0 Å². The molecule has 0 radical (unpaired) electrons. The molecule has 0 aromatic carbocycles. The first-order valence-electron chi connectivity index (χ1n) is 4.72. The number of amides is 1. The van der Waals surface area contributed by atoms with Crippen LogP contribution in [0.25, 0.3) is 0 Å². The first-order valence-corrected chi connectivity index (χ1v) is 5.51. The lowest BCUT2D eigenvalue weighted by atomic mass is 10.4. The minimum Gasteiger partial charge on any atom is -0.468 e. The van der Waals surface area contributed by atoms with Crippen LogP contribution < -0.4 is 10.9 Å². The molecule has 17 heavy (non-hydrogen) atoms. The zero-order chi connectivity index (χ0) is 12.8. The molecule has 1 amide bonds. The van der Waals surface area contributed by atoms with Gasteiger partial charge in [0.05, 0.1) is 7.11 Å². The Morgan fingerprint density at radius 1 is 1.47 bits per heavy atom. The van der Waals surface area contributed by atoms with Gasteiger partial charge >= 0.3 is 5.97 Å². The van der Waals surface area contributed by atoms with Crippen LogP contribution in [0.4, 0.5) is 0 Å². The number of esters is 1. The predicted octanol–water partition coefficient (Wildman–Crippen LogP) is -0.100. The maximum Gasteiger partial charge on any atom is 0.325 e. The van der Waals surface area contributed by atoms with Crippen LogP contribution in [-0.2, 0) is 20.9 Å². The molecule has 6 nitrogen and oxygen atoms in total. The smallest absolute Gasteiger partial charge is 0.325 e. The molecule has 0 aliphatic carbocycles. The zero-order valence-corrected chi connectivity index (χ0v) is 10.7. The molecule has 0 atom stereocenters. The second-order valence-electron chi connectivity index (χ2n) is 3.17. The number of pyridine rings is 1. The Kier molecular flexibility index (Phi) is 4.89. The number of nitrogens with zero attached hydrogens (tertiary/aromatic N) is 1. The van der Waals surface area contributed by atoms with Gasteiger partial charge in [0.25, 0.3) is 5.56 Å². The predicted molar refractivity (Wildman–Crippen MR) is 63.4 cm³/mol. The summed E-state index contributed by atoms with van der Waals surface area (Å²) in [6.45, 7) is -0.354. The first-order chi connectivity index (χ1) is 8.02. The van der Waals surface area contributed by atoms with Crippen molar-refractivity contribution in [3.63, 3.8) is 0 Å². The Bertz CT molecular complexity index is 483. The van der Waals surface area contributed by atoms with Gasteiger partial charge < -0.3 is 14.6 Å². The lowest BCUT2D eigenvalue weighted by molar-refractivity contribution is -0.141. The average Bonchev–Trinajstić information content (AvgIpc) is 2.30. The highest BCUT2D eigenvalue weighted by Crippen LogP contribution is 2.04. The van der Waals surface area contributed by atoms with Crippen molar-refractivity contribution >= 4 is 27.8 Å². The standard InChI is InChI=1S/C10H11BrN2O4/c1-17-10(16)4-12-8(14)6-13-5-7(11)2-3-9(13)15/h2-3,5H,4,6H2,1H3,(H,12,14). The minimum absolute atomic E-state index is 0.144. The zero-order valence-electron chi connectivity index (χ0n) is 9.10. The lowest BCUT2D eigenvalue weighted by Crippen LogP contribution is -2.35. The highest BCUT2D eigenvalue weighted by atomic mass is 79.9. The fourth-order valence-electron chi connectivity index (χ4n) is 1.08. The summed E-state index contributed by atoms with van der Waals surface area (Å²) in [5, 5.41) is 2.34. The first kappa shape index (κ1) is 13.4. The second kappa shape index (κ2) is 6.19. The van der Waals surface area contributed by atoms with E-state index < -0.39 is 11.9 Å². The van der Waals surface area contributed by atoms with Crippen LogP contribution in [-0.4, -0.2) is 30.1 Å². The van der Waals surface area contributed by atoms with E-state index in [0.717, 1.165) is 0 Å². The molecule has 0 spiro atoms. The summed E-state index contributed by atoms with van der Waals surface area (Å²) in [5.41, 5.74) is -0.290. The summed E-state index contributed by atoms with van der Waals surface area (Å²) < 4.78 is 6.29. The number of hydrogen-bond donors (Lipinski definition) is 1. The Hall–Kier alpha value is -1.63. The number of methoxy groups -OCH3 is 1. The number of halogens is 1. The molecule has 7 heteroatoms. The SMILES string of the molecule is COC(=O)CNC(=O)Cn1cc(Br)ccc1=O. The third-order valence-electron chi connectivity index (χ3n) is 1.92. The number of hydrogen-bond acceptors (Lipinski definition) is 4. The molecule has 1 N–H and O–H groups in total. The summed E-state index contributed by atoms with van der Waals surface area (Å²) >= 11 is 3.19. The Labute approximate surface area is 106 Å². The lowest BCUT2D eigenvalue weighted by Gasteiger charge is -2.06. The van der Waals surface area contributed by atoms with Crippen molar-refractivity contribution in [3.05, 3.63) is 33.2 Å². The molecule has 0 saturated carbocycles. The Balaban J connectivity index is 2.59. The number of carbonyl (C=O) groups excluding carboxylic acids is 2. The third kappa shape index (κ3) is 4.39. The monoisotopic (exact) mass is 302 g/mol. The Morgan fingerprint density at radius 2 is 2.18 bits per heavy atom. The van der Waals surface area contributed by atoms with E-state index in [4.69, 9.17) is 0 Å². The molecular weight excluding hydrogens is 292 g/mol. The number of rotatable bonds is 4. The van der Waals surface area contributed by atoms with Gasteiger partial charge in [-0.1, -0.05) is 0 Å². The van der Waals surface area contributed by atoms with Gasteiger partial charge in [-0.3, -0.25) is 14.4 Å². The largest absolute Gasteiger partial charge is 0.468 e. The second-order valence-corrected chi connectivity index (χ2v) is 4.08. The van der Waals surface area contributed by atoms with Crippen LogP contribution in [0.15, 0.2) is 27.6 Å². The molecule has 1 aromatic heterocycles. The highest BCUT2D eigenvalue weighted by Gasteiger charge is 2.07. The van der Waals surface area contributed by atoms with Gasteiger partial charge in [-0.15, -0.1) is 0 Å². The van der Waals surface area contributed by atoms with Crippen molar-refractivity contribution < 1.29 is 14.3 Å². The van der Waals surface area contributed by atoms with Crippen LogP contribution in [0.1, 0.15) is 0 Å². The molecule has 0 aliphatic heterocycles. The molecule has 0 saturated heterocycles. The van der Waals surface area contributed by atoms with Crippen LogP contribution >= 0.6 is 15.9 Å². The van der Waals surface area contributed by atoms with Gasteiger partial charge in [0.15, 0.2) is 0 Å². The fraction of sp³-hybridized carbons (Fsp3) is 0.300. The topological polar surface area (TPSA) is 77.4 Å². The highest BCUT2D eigenvalue weighted by molar-refractivity contribution is 9.10. The van der Waals surface area contributed by atoms with Crippen LogP contribution in [0.2, 0.25) is 0 Å². The number of carbonyl (C=O) groups is 2. The van der Waals surface area contributed by atoms with Gasteiger partial charge in [-0.2, -0.15) is 0 Å². The normalized spacial score (nSPS) is 9.76. The van der Waals surface area contributed by atoms with Gasteiger partial charge in [0.2, 0.25) is 5.91 Å². The van der Waals surface area contributed by atoms with Gasteiger partial charge in [0, 0.05) is 16.7 Å².